The van der Waals surface area contributed by atoms with Crippen LogP contribution >= 0.6 is 0 Å². The van der Waals surface area contributed by atoms with Gasteiger partial charge in [0.1, 0.15) is 11.6 Å². The Morgan fingerprint density at radius 1 is 1.09 bits per heavy atom. The van der Waals surface area contributed by atoms with E-state index in [9.17, 15) is 0 Å². The van der Waals surface area contributed by atoms with Crippen molar-refractivity contribution in [2.24, 2.45) is 0 Å². The molecule has 0 bridgehead atoms. The summed E-state index contributed by atoms with van der Waals surface area (Å²) in [6.07, 6.45) is 4.68. The van der Waals surface area contributed by atoms with Crippen LogP contribution in [0.25, 0.3) is 0 Å². The molecular formula is C18H24N2OY+. The second kappa shape index (κ2) is 12.6. The van der Waals surface area contributed by atoms with Gasteiger partial charge in [-0.15, -0.1) is 0 Å². The topological polar surface area (TPSA) is 34.1 Å². The first-order valence-corrected chi connectivity index (χ1v) is 7.04. The van der Waals surface area contributed by atoms with Crippen molar-refractivity contribution in [2.45, 2.75) is 19.3 Å². The third-order valence-corrected chi connectivity index (χ3v) is 2.95. The standard InChI is InChI=1S/C17H21N2O.CH3.Y/c1-2-6-15-8-10-16(11-9-15)20-14-5-13-19-17-7-3-4-12-18-17;;/h3-4,7-12H,1-2,5-6,13-14H2,(H,18,19);1H3;/q2*-1;+3. The van der Waals surface area contributed by atoms with Gasteiger partial charge < -0.3 is 24.4 Å². The predicted molar refractivity (Wildman–Crippen MR) is 89.4 cm³/mol. The van der Waals surface area contributed by atoms with E-state index in [4.69, 9.17) is 4.74 Å². The first-order chi connectivity index (χ1) is 9.88. The van der Waals surface area contributed by atoms with Crippen molar-refractivity contribution in [3.8, 4) is 5.75 Å². The summed E-state index contributed by atoms with van der Waals surface area (Å²) in [5.41, 5.74) is 1.31. The Kier molecular flexibility index (Phi) is 12.1. The van der Waals surface area contributed by atoms with E-state index < -0.39 is 0 Å². The van der Waals surface area contributed by atoms with E-state index >= 15 is 0 Å². The number of hydrogen-bond acceptors (Lipinski definition) is 3. The summed E-state index contributed by atoms with van der Waals surface area (Å²) in [6.45, 7) is 5.42. The monoisotopic (exact) mass is 373 g/mol. The minimum Gasteiger partial charge on any atom is -0.494 e. The van der Waals surface area contributed by atoms with Gasteiger partial charge >= 0.3 is 32.7 Å². The Morgan fingerprint density at radius 2 is 1.86 bits per heavy atom. The molecule has 0 spiro atoms. The van der Waals surface area contributed by atoms with Crippen molar-refractivity contribution in [1.82, 2.24) is 4.98 Å². The molecule has 2 rings (SSSR count). The van der Waals surface area contributed by atoms with E-state index in [1.807, 2.05) is 30.3 Å². The molecule has 0 aliphatic heterocycles. The molecule has 0 radical (unpaired) electrons. The van der Waals surface area contributed by atoms with E-state index in [2.05, 4.69) is 29.4 Å². The Balaban J connectivity index is 0.00000220. The van der Waals surface area contributed by atoms with E-state index in [0.29, 0.717) is 6.61 Å². The minimum atomic E-state index is 0. The Hall–Kier alpha value is -0.926. The zero-order valence-corrected chi connectivity index (χ0v) is 16.1. The number of pyridine rings is 1. The van der Waals surface area contributed by atoms with Crippen molar-refractivity contribution in [1.29, 1.82) is 0 Å². The van der Waals surface area contributed by atoms with Gasteiger partial charge in [0.2, 0.25) is 0 Å². The smallest absolute Gasteiger partial charge is 0.494 e. The molecule has 0 unspecified atom stereocenters. The third kappa shape index (κ3) is 7.91. The fraction of sp³-hybridized carbons (Fsp3) is 0.278. The maximum absolute atomic E-state index is 5.70. The molecule has 4 heteroatoms. The van der Waals surface area contributed by atoms with Crippen LogP contribution in [-0.4, -0.2) is 18.1 Å². The summed E-state index contributed by atoms with van der Waals surface area (Å²) in [5, 5.41) is 3.26. The molecular weight excluding hydrogens is 349 g/mol. The summed E-state index contributed by atoms with van der Waals surface area (Å²) >= 11 is 0. The number of aryl methyl sites for hydroxylation is 1. The van der Waals surface area contributed by atoms with Gasteiger partial charge in [0, 0.05) is 12.7 Å². The van der Waals surface area contributed by atoms with Gasteiger partial charge in [-0.1, -0.05) is 30.2 Å². The quantitative estimate of drug-likeness (QED) is 0.557. The third-order valence-electron chi connectivity index (χ3n) is 2.95. The van der Waals surface area contributed by atoms with Crippen LogP contribution in [0.4, 0.5) is 5.82 Å². The molecule has 0 aliphatic rings. The van der Waals surface area contributed by atoms with E-state index in [-0.39, 0.29) is 40.1 Å². The SMILES string of the molecule is [CH2-]CCc1ccc(OCCCNc2ccccn2)cc1.[CH3-].[Y+3]. The van der Waals surface area contributed by atoms with Gasteiger partial charge in [0.15, 0.2) is 0 Å². The average molecular weight is 373 g/mol. The predicted octanol–water partition coefficient (Wildman–Crippen LogP) is 4.18. The van der Waals surface area contributed by atoms with Crippen LogP contribution in [0, 0.1) is 14.4 Å². The first-order valence-electron chi connectivity index (χ1n) is 7.04. The molecule has 1 heterocycles. The Labute approximate surface area is 159 Å². The number of aromatic nitrogens is 1. The average Bonchev–Trinajstić information content (AvgIpc) is 2.50. The summed E-state index contributed by atoms with van der Waals surface area (Å²) in [6, 6.07) is 14.1. The molecule has 1 N–H and O–H groups in total. The number of anilines is 1. The number of rotatable bonds is 8. The first kappa shape index (κ1) is 21.1. The van der Waals surface area contributed by atoms with Gasteiger partial charge in [0.25, 0.3) is 0 Å². The summed E-state index contributed by atoms with van der Waals surface area (Å²) in [4.78, 5) is 4.20. The van der Waals surface area contributed by atoms with Crippen LogP contribution in [0.3, 0.4) is 0 Å². The maximum atomic E-state index is 5.70. The molecule has 22 heavy (non-hydrogen) atoms. The molecule has 114 valence electrons. The van der Waals surface area contributed by atoms with E-state index in [1.54, 1.807) is 6.20 Å². The number of nitrogens with zero attached hydrogens (tertiary/aromatic N) is 1. The molecule has 2 aromatic rings. The van der Waals surface area contributed by atoms with Crippen LogP contribution in [0.1, 0.15) is 18.4 Å². The van der Waals surface area contributed by atoms with Gasteiger partial charge in [-0.05, 0) is 30.7 Å². The maximum Gasteiger partial charge on any atom is 3.00 e. The zero-order valence-electron chi connectivity index (χ0n) is 13.3. The second-order valence-corrected chi connectivity index (χ2v) is 4.59. The molecule has 0 atom stereocenters. The minimum absolute atomic E-state index is 0. The van der Waals surface area contributed by atoms with Gasteiger partial charge in [-0.3, -0.25) is 0 Å². The largest absolute Gasteiger partial charge is 3.00 e. The van der Waals surface area contributed by atoms with Crippen LogP contribution < -0.4 is 10.1 Å². The molecule has 0 aliphatic carbocycles. The van der Waals surface area contributed by atoms with Crippen molar-refractivity contribution in [2.75, 3.05) is 18.5 Å². The number of benzene rings is 1. The fourth-order valence-electron chi connectivity index (χ4n) is 1.90. The molecule has 0 saturated carbocycles. The van der Waals surface area contributed by atoms with Crippen molar-refractivity contribution in [3.63, 3.8) is 0 Å². The Bertz CT molecular complexity index is 488. The molecule has 1 aromatic carbocycles. The van der Waals surface area contributed by atoms with Crippen molar-refractivity contribution in [3.05, 3.63) is 68.6 Å². The number of hydrogen-bond donors (Lipinski definition) is 1. The summed E-state index contributed by atoms with van der Waals surface area (Å²) in [7, 11) is 0. The second-order valence-electron chi connectivity index (χ2n) is 4.59. The Morgan fingerprint density at radius 3 is 2.50 bits per heavy atom. The fourth-order valence-corrected chi connectivity index (χ4v) is 1.90. The van der Waals surface area contributed by atoms with Crippen molar-refractivity contribution >= 4 is 5.82 Å². The van der Waals surface area contributed by atoms with Gasteiger partial charge in [-0.25, -0.2) is 4.98 Å². The molecule has 0 saturated heterocycles. The van der Waals surface area contributed by atoms with Crippen molar-refractivity contribution < 1.29 is 37.4 Å². The molecule has 0 amide bonds. The van der Waals surface area contributed by atoms with Crippen LogP contribution in [0.2, 0.25) is 0 Å². The van der Waals surface area contributed by atoms with Gasteiger partial charge in [-0.2, -0.15) is 6.42 Å². The molecule has 0 fully saturated rings. The summed E-state index contributed by atoms with van der Waals surface area (Å²) in [5.74, 6) is 1.83. The molecule has 1 aromatic heterocycles. The molecule has 3 nitrogen and oxygen atoms in total. The zero-order chi connectivity index (χ0) is 14.0. The number of ether oxygens (including phenoxy) is 1. The van der Waals surface area contributed by atoms with E-state index in [1.165, 1.54) is 5.56 Å². The summed E-state index contributed by atoms with van der Waals surface area (Å²) < 4.78 is 5.70. The van der Waals surface area contributed by atoms with Crippen LogP contribution in [-0.2, 0) is 39.1 Å². The number of nitrogens with one attached hydrogen (secondary N) is 1. The normalized spacial score (nSPS) is 9.32. The van der Waals surface area contributed by atoms with E-state index in [0.717, 1.165) is 37.4 Å². The van der Waals surface area contributed by atoms with Gasteiger partial charge in [0.05, 0.1) is 6.61 Å². The van der Waals surface area contributed by atoms with Crippen LogP contribution in [0.5, 0.6) is 5.75 Å². The van der Waals surface area contributed by atoms with Crippen LogP contribution in [0.15, 0.2) is 48.7 Å².